The van der Waals surface area contributed by atoms with Gasteiger partial charge in [0.2, 0.25) is 10.0 Å². The zero-order valence-electron chi connectivity index (χ0n) is 13.8. The van der Waals surface area contributed by atoms with Crippen LogP contribution in [0.25, 0.3) is 10.8 Å². The molecule has 0 N–H and O–H groups in total. The van der Waals surface area contributed by atoms with Crippen LogP contribution in [0.2, 0.25) is 5.02 Å². The zero-order chi connectivity index (χ0) is 18.6. The summed E-state index contributed by atoms with van der Waals surface area (Å²) in [5, 5.41) is 10.5. The van der Waals surface area contributed by atoms with Crippen molar-refractivity contribution < 1.29 is 8.42 Å². The van der Waals surface area contributed by atoms with Crippen LogP contribution in [0.4, 0.5) is 0 Å². The molecule has 1 aromatic heterocycles. The lowest BCUT2D eigenvalue weighted by atomic mass is 10.1. The third kappa shape index (κ3) is 3.70. The Balaban J connectivity index is 2.10. The van der Waals surface area contributed by atoms with Crippen molar-refractivity contribution in [3.05, 3.63) is 71.5 Å². The summed E-state index contributed by atoms with van der Waals surface area (Å²) in [4.78, 5) is 4.17. The molecule has 3 rings (SSSR count). The molecule has 1 heterocycles. The van der Waals surface area contributed by atoms with Gasteiger partial charge in [-0.05, 0) is 29.1 Å². The standard InChI is InChI=1S/C19H16ClN3O2S/c20-17-8-1-6-16-7-2-9-18(19(16)17)26(24,25)23(12-4-10-21)14-15-5-3-11-22-13-15/h1-3,5-9,11,13H,4,12,14H2. The smallest absolute Gasteiger partial charge is 0.244 e. The minimum Gasteiger partial charge on any atom is -0.264 e. The van der Waals surface area contributed by atoms with Crippen molar-refractivity contribution in [3.8, 4) is 6.07 Å². The maximum absolute atomic E-state index is 13.3. The molecule has 5 nitrogen and oxygen atoms in total. The Bertz CT molecular complexity index is 1060. The maximum atomic E-state index is 13.3. The summed E-state index contributed by atoms with van der Waals surface area (Å²) >= 11 is 6.29. The van der Waals surface area contributed by atoms with Crippen molar-refractivity contribution >= 4 is 32.4 Å². The molecule has 0 amide bonds. The number of pyridine rings is 1. The molecular formula is C19H16ClN3O2S. The van der Waals surface area contributed by atoms with Gasteiger partial charge < -0.3 is 0 Å². The van der Waals surface area contributed by atoms with E-state index in [-0.39, 0.29) is 24.4 Å². The highest BCUT2D eigenvalue weighted by atomic mass is 35.5. The van der Waals surface area contributed by atoms with Crippen molar-refractivity contribution in [2.24, 2.45) is 0 Å². The topological polar surface area (TPSA) is 74.1 Å². The number of sulfonamides is 1. The Hall–Kier alpha value is -2.46. The van der Waals surface area contributed by atoms with Crippen LogP contribution in [-0.4, -0.2) is 24.3 Å². The Morgan fingerprint density at radius 3 is 2.58 bits per heavy atom. The number of halogens is 1. The van der Waals surface area contributed by atoms with E-state index in [0.29, 0.717) is 10.4 Å². The summed E-state index contributed by atoms with van der Waals surface area (Å²) in [7, 11) is -3.85. The summed E-state index contributed by atoms with van der Waals surface area (Å²) in [6.07, 6.45) is 3.34. The average Bonchev–Trinajstić information content (AvgIpc) is 2.65. The van der Waals surface area contributed by atoms with Gasteiger partial charge in [0.1, 0.15) is 0 Å². The summed E-state index contributed by atoms with van der Waals surface area (Å²) in [6.45, 7) is 0.229. The first kappa shape index (κ1) is 18.3. The van der Waals surface area contributed by atoms with Gasteiger partial charge in [0.25, 0.3) is 0 Å². The highest BCUT2D eigenvalue weighted by Crippen LogP contribution is 2.32. The number of nitriles is 1. The third-order valence-corrected chi connectivity index (χ3v) is 6.19. The van der Waals surface area contributed by atoms with Gasteiger partial charge in [-0.2, -0.15) is 9.57 Å². The molecule has 0 aliphatic rings. The van der Waals surface area contributed by atoms with E-state index in [1.54, 1.807) is 48.8 Å². The molecule has 0 spiro atoms. The van der Waals surface area contributed by atoms with Crippen molar-refractivity contribution in [1.29, 1.82) is 5.26 Å². The van der Waals surface area contributed by atoms with E-state index in [1.807, 2.05) is 18.2 Å². The average molecular weight is 386 g/mol. The van der Waals surface area contributed by atoms with Crippen LogP contribution in [0.1, 0.15) is 12.0 Å². The van der Waals surface area contributed by atoms with Gasteiger partial charge in [-0.15, -0.1) is 0 Å². The van der Waals surface area contributed by atoms with Crippen LogP contribution in [0.3, 0.4) is 0 Å². The summed E-state index contributed by atoms with van der Waals surface area (Å²) < 4.78 is 28.0. The lowest BCUT2D eigenvalue weighted by molar-refractivity contribution is 0.413. The lowest BCUT2D eigenvalue weighted by Crippen LogP contribution is -2.31. The molecule has 0 aliphatic carbocycles. The van der Waals surface area contributed by atoms with Crippen LogP contribution in [-0.2, 0) is 16.6 Å². The Labute approximate surface area is 157 Å². The summed E-state index contributed by atoms with van der Waals surface area (Å²) in [5.74, 6) is 0. The van der Waals surface area contributed by atoms with E-state index in [1.165, 1.54) is 4.31 Å². The van der Waals surface area contributed by atoms with Gasteiger partial charge in [0, 0.05) is 42.3 Å². The molecule has 7 heteroatoms. The molecule has 0 saturated heterocycles. The second-order valence-electron chi connectivity index (χ2n) is 5.70. The number of hydrogen-bond donors (Lipinski definition) is 0. The molecule has 0 radical (unpaired) electrons. The number of fused-ring (bicyclic) bond motifs is 1. The fraction of sp³-hybridized carbons (Fsp3) is 0.158. The molecule has 132 valence electrons. The normalized spacial score (nSPS) is 11.6. The molecule has 26 heavy (non-hydrogen) atoms. The number of hydrogen-bond acceptors (Lipinski definition) is 4. The van der Waals surface area contributed by atoms with Gasteiger partial charge in [0.05, 0.1) is 11.0 Å². The van der Waals surface area contributed by atoms with E-state index < -0.39 is 10.0 Å². The molecule has 0 fully saturated rings. The highest BCUT2D eigenvalue weighted by molar-refractivity contribution is 7.89. The van der Waals surface area contributed by atoms with E-state index in [0.717, 1.165) is 10.9 Å². The number of nitrogens with zero attached hydrogens (tertiary/aromatic N) is 3. The SMILES string of the molecule is N#CCCN(Cc1cccnc1)S(=O)(=O)c1cccc2cccc(Cl)c12. The quantitative estimate of drug-likeness (QED) is 0.643. The van der Waals surface area contributed by atoms with Crippen LogP contribution < -0.4 is 0 Å². The second-order valence-corrected chi connectivity index (χ2v) is 8.02. The number of aromatic nitrogens is 1. The van der Waals surface area contributed by atoms with Gasteiger partial charge in [0.15, 0.2) is 0 Å². The second kappa shape index (κ2) is 7.83. The largest absolute Gasteiger partial charge is 0.264 e. The lowest BCUT2D eigenvalue weighted by Gasteiger charge is -2.22. The van der Waals surface area contributed by atoms with Gasteiger partial charge in [-0.1, -0.05) is 41.9 Å². The van der Waals surface area contributed by atoms with Crippen molar-refractivity contribution in [1.82, 2.24) is 9.29 Å². The summed E-state index contributed by atoms with van der Waals surface area (Å²) in [6, 6.07) is 15.9. The highest BCUT2D eigenvalue weighted by Gasteiger charge is 2.27. The molecule has 0 bridgehead atoms. The molecule has 3 aromatic rings. The van der Waals surface area contributed by atoms with E-state index in [9.17, 15) is 8.42 Å². The molecule has 0 unspecified atom stereocenters. The Morgan fingerprint density at radius 1 is 1.12 bits per heavy atom. The maximum Gasteiger partial charge on any atom is 0.244 e. The van der Waals surface area contributed by atoms with Crippen LogP contribution in [0, 0.1) is 11.3 Å². The van der Waals surface area contributed by atoms with Crippen LogP contribution in [0.15, 0.2) is 65.8 Å². The van der Waals surface area contributed by atoms with Gasteiger partial charge >= 0.3 is 0 Å². The first-order valence-corrected chi connectivity index (χ1v) is 9.79. The van der Waals surface area contributed by atoms with Gasteiger partial charge in [-0.25, -0.2) is 8.42 Å². The van der Waals surface area contributed by atoms with E-state index in [2.05, 4.69) is 4.98 Å². The molecular weight excluding hydrogens is 370 g/mol. The van der Waals surface area contributed by atoms with Crippen molar-refractivity contribution in [2.75, 3.05) is 6.54 Å². The molecule has 0 saturated carbocycles. The Kier molecular flexibility index (Phi) is 5.52. The predicted molar refractivity (Wildman–Crippen MR) is 101 cm³/mol. The Morgan fingerprint density at radius 2 is 1.88 bits per heavy atom. The monoisotopic (exact) mass is 385 g/mol. The minimum atomic E-state index is -3.85. The third-order valence-electron chi connectivity index (χ3n) is 3.99. The first-order valence-electron chi connectivity index (χ1n) is 7.97. The van der Waals surface area contributed by atoms with Gasteiger partial charge in [-0.3, -0.25) is 4.98 Å². The zero-order valence-corrected chi connectivity index (χ0v) is 15.4. The molecule has 0 atom stereocenters. The van der Waals surface area contributed by atoms with E-state index >= 15 is 0 Å². The van der Waals surface area contributed by atoms with E-state index in [4.69, 9.17) is 16.9 Å². The molecule has 2 aromatic carbocycles. The molecule has 0 aliphatic heterocycles. The predicted octanol–water partition coefficient (Wildman–Crippen LogP) is 3.99. The first-order chi connectivity index (χ1) is 12.5. The van der Waals surface area contributed by atoms with Crippen molar-refractivity contribution in [2.45, 2.75) is 17.9 Å². The fourth-order valence-corrected chi connectivity index (χ4v) is 4.78. The minimum absolute atomic E-state index is 0.0918. The fourth-order valence-electron chi connectivity index (χ4n) is 2.77. The van der Waals surface area contributed by atoms with Crippen LogP contribution >= 0.6 is 11.6 Å². The van der Waals surface area contributed by atoms with Crippen molar-refractivity contribution in [3.63, 3.8) is 0 Å². The summed E-state index contributed by atoms with van der Waals surface area (Å²) in [5.41, 5.74) is 0.750. The van der Waals surface area contributed by atoms with Crippen LogP contribution in [0.5, 0.6) is 0 Å². The number of benzene rings is 2. The number of rotatable bonds is 6.